The van der Waals surface area contributed by atoms with E-state index in [4.69, 9.17) is 21.3 Å². The minimum Gasteiger partial charge on any atom is -0.457 e. The number of pyridine rings is 1. The fraction of sp³-hybridized carbons (Fsp3) is 0.136. The van der Waals surface area contributed by atoms with Crippen molar-refractivity contribution in [1.82, 2.24) is 19.9 Å². The van der Waals surface area contributed by atoms with Gasteiger partial charge in [0.2, 0.25) is 0 Å². The van der Waals surface area contributed by atoms with Crippen molar-refractivity contribution in [2.24, 2.45) is 7.05 Å². The second-order valence-electron chi connectivity index (χ2n) is 6.60. The van der Waals surface area contributed by atoms with Gasteiger partial charge in [-0.15, -0.1) is 0 Å². The Hall–Kier alpha value is -3.38. The van der Waals surface area contributed by atoms with E-state index in [1.165, 1.54) is 0 Å². The molecule has 2 heterocycles. The molecule has 0 saturated carbocycles. The van der Waals surface area contributed by atoms with Crippen molar-refractivity contribution in [2.45, 2.75) is 6.42 Å². The monoisotopic (exact) mass is 406 g/mol. The van der Waals surface area contributed by atoms with E-state index >= 15 is 0 Å². The van der Waals surface area contributed by atoms with E-state index < -0.39 is 0 Å². The van der Waals surface area contributed by atoms with Crippen molar-refractivity contribution in [1.29, 1.82) is 0 Å². The maximum absolute atomic E-state index is 11.8. The third-order valence-corrected chi connectivity index (χ3v) is 4.90. The number of benzene rings is 2. The summed E-state index contributed by atoms with van der Waals surface area (Å²) in [6.07, 6.45) is 2.25. The van der Waals surface area contributed by atoms with Crippen molar-refractivity contribution in [2.75, 3.05) is 7.05 Å². The highest BCUT2D eigenvalue weighted by molar-refractivity contribution is 6.30. The number of rotatable bonds is 5. The van der Waals surface area contributed by atoms with Gasteiger partial charge >= 0.3 is 0 Å². The van der Waals surface area contributed by atoms with Crippen molar-refractivity contribution in [3.05, 3.63) is 82.9 Å². The zero-order chi connectivity index (χ0) is 20.4. The number of carbonyl (C=O) groups is 1. The summed E-state index contributed by atoms with van der Waals surface area (Å²) in [7, 11) is 3.56. The van der Waals surface area contributed by atoms with Gasteiger partial charge in [0.15, 0.2) is 0 Å². The molecular weight excluding hydrogens is 388 g/mol. The van der Waals surface area contributed by atoms with Gasteiger partial charge in [-0.3, -0.25) is 9.78 Å². The van der Waals surface area contributed by atoms with Gasteiger partial charge in [-0.1, -0.05) is 23.7 Å². The summed E-state index contributed by atoms with van der Waals surface area (Å²) < 4.78 is 7.99. The van der Waals surface area contributed by atoms with Crippen LogP contribution in [0.25, 0.3) is 11.0 Å². The minimum atomic E-state index is -0.262. The molecule has 0 spiro atoms. The average molecular weight is 407 g/mol. The lowest BCUT2D eigenvalue weighted by Gasteiger charge is -2.07. The standard InChI is InChI=1S/C22H19ClN4O2/c1-24-22(28)19-13-17(9-10-25-19)29-16-7-8-20-18(12-16)26-21(27(20)2)11-14-3-5-15(23)6-4-14/h3-10,12-13H,11H2,1-2H3,(H,24,28). The normalized spacial score (nSPS) is 10.9. The smallest absolute Gasteiger partial charge is 0.269 e. The van der Waals surface area contributed by atoms with Crippen LogP contribution in [-0.2, 0) is 13.5 Å². The zero-order valence-electron chi connectivity index (χ0n) is 16.0. The Kier molecular flexibility index (Phi) is 5.18. The molecule has 4 aromatic rings. The first-order valence-corrected chi connectivity index (χ1v) is 9.47. The number of nitrogens with one attached hydrogen (secondary N) is 1. The van der Waals surface area contributed by atoms with Gasteiger partial charge in [0.25, 0.3) is 5.91 Å². The van der Waals surface area contributed by atoms with E-state index in [2.05, 4.69) is 14.9 Å². The van der Waals surface area contributed by atoms with Crippen LogP contribution in [0.4, 0.5) is 0 Å². The van der Waals surface area contributed by atoms with Crippen LogP contribution in [0.2, 0.25) is 5.02 Å². The van der Waals surface area contributed by atoms with Crippen LogP contribution in [0.3, 0.4) is 0 Å². The Morgan fingerprint density at radius 3 is 2.62 bits per heavy atom. The van der Waals surface area contributed by atoms with Gasteiger partial charge in [0.05, 0.1) is 11.0 Å². The Bertz CT molecular complexity index is 1190. The first-order chi connectivity index (χ1) is 14.0. The van der Waals surface area contributed by atoms with E-state index in [9.17, 15) is 4.79 Å². The molecule has 7 heteroatoms. The van der Waals surface area contributed by atoms with Crippen LogP contribution >= 0.6 is 11.6 Å². The van der Waals surface area contributed by atoms with E-state index in [1.807, 2.05) is 49.5 Å². The molecule has 0 unspecified atom stereocenters. The van der Waals surface area contributed by atoms with Crippen molar-refractivity contribution in [3.8, 4) is 11.5 Å². The van der Waals surface area contributed by atoms with Crippen LogP contribution in [-0.4, -0.2) is 27.5 Å². The number of aryl methyl sites for hydroxylation is 1. The Labute approximate surface area is 173 Å². The van der Waals surface area contributed by atoms with Gasteiger partial charge in [0, 0.05) is 43.9 Å². The number of ether oxygens (including phenoxy) is 1. The summed E-state index contributed by atoms with van der Waals surface area (Å²) in [5.74, 6) is 1.87. The first-order valence-electron chi connectivity index (χ1n) is 9.09. The number of hydrogen-bond donors (Lipinski definition) is 1. The van der Waals surface area contributed by atoms with E-state index in [-0.39, 0.29) is 5.91 Å². The third-order valence-electron chi connectivity index (χ3n) is 4.65. The highest BCUT2D eigenvalue weighted by Gasteiger charge is 2.11. The van der Waals surface area contributed by atoms with Crippen LogP contribution in [0.5, 0.6) is 11.5 Å². The topological polar surface area (TPSA) is 69.0 Å². The molecule has 1 amide bonds. The Morgan fingerprint density at radius 1 is 1.10 bits per heavy atom. The predicted octanol–water partition coefficient (Wildman–Crippen LogP) is 4.36. The number of aromatic nitrogens is 3. The molecule has 0 atom stereocenters. The fourth-order valence-corrected chi connectivity index (χ4v) is 3.22. The molecule has 0 radical (unpaired) electrons. The predicted molar refractivity (Wildman–Crippen MR) is 113 cm³/mol. The molecule has 146 valence electrons. The maximum atomic E-state index is 11.8. The van der Waals surface area contributed by atoms with E-state index in [0.717, 1.165) is 27.4 Å². The molecule has 6 nitrogen and oxygen atoms in total. The lowest BCUT2D eigenvalue weighted by molar-refractivity contribution is 0.0958. The number of hydrogen-bond acceptors (Lipinski definition) is 4. The SMILES string of the molecule is CNC(=O)c1cc(Oc2ccc3c(c2)nc(Cc2ccc(Cl)cc2)n3C)ccn1. The summed E-state index contributed by atoms with van der Waals surface area (Å²) >= 11 is 5.97. The molecule has 29 heavy (non-hydrogen) atoms. The summed E-state index contributed by atoms with van der Waals surface area (Å²) in [6.45, 7) is 0. The lowest BCUT2D eigenvalue weighted by Crippen LogP contribution is -2.18. The van der Waals surface area contributed by atoms with Crippen LogP contribution in [0, 0.1) is 0 Å². The Morgan fingerprint density at radius 2 is 1.86 bits per heavy atom. The molecule has 0 saturated heterocycles. The zero-order valence-corrected chi connectivity index (χ0v) is 16.8. The second-order valence-corrected chi connectivity index (χ2v) is 7.04. The van der Waals surface area contributed by atoms with Crippen molar-refractivity contribution < 1.29 is 9.53 Å². The van der Waals surface area contributed by atoms with Gasteiger partial charge in [0.1, 0.15) is 23.0 Å². The average Bonchev–Trinajstić information content (AvgIpc) is 3.04. The van der Waals surface area contributed by atoms with E-state index in [0.29, 0.717) is 23.6 Å². The molecule has 0 aliphatic rings. The van der Waals surface area contributed by atoms with E-state index in [1.54, 1.807) is 25.4 Å². The van der Waals surface area contributed by atoms with Gasteiger partial charge in [-0.05, 0) is 35.9 Å². The number of fused-ring (bicyclic) bond motifs is 1. The quantitative estimate of drug-likeness (QED) is 0.534. The molecule has 4 rings (SSSR count). The van der Waals surface area contributed by atoms with Crippen molar-refractivity contribution in [3.63, 3.8) is 0 Å². The minimum absolute atomic E-state index is 0.262. The summed E-state index contributed by atoms with van der Waals surface area (Å²) in [6, 6.07) is 16.8. The Balaban J connectivity index is 1.59. The van der Waals surface area contributed by atoms with Crippen LogP contribution < -0.4 is 10.1 Å². The second kappa shape index (κ2) is 7.93. The van der Waals surface area contributed by atoms with Crippen LogP contribution in [0.15, 0.2) is 60.8 Å². The number of halogens is 1. The molecule has 0 fully saturated rings. The van der Waals surface area contributed by atoms with Gasteiger partial charge < -0.3 is 14.6 Å². The van der Waals surface area contributed by atoms with Gasteiger partial charge in [-0.25, -0.2) is 4.98 Å². The summed E-state index contributed by atoms with van der Waals surface area (Å²) in [5, 5.41) is 3.27. The number of imidazole rings is 1. The van der Waals surface area contributed by atoms with Crippen LogP contribution in [0.1, 0.15) is 21.9 Å². The number of nitrogens with zero attached hydrogens (tertiary/aromatic N) is 3. The first kappa shape index (κ1) is 19.0. The largest absolute Gasteiger partial charge is 0.457 e. The molecule has 0 aliphatic heterocycles. The highest BCUT2D eigenvalue weighted by Crippen LogP contribution is 2.26. The molecule has 2 aromatic carbocycles. The highest BCUT2D eigenvalue weighted by atomic mass is 35.5. The third kappa shape index (κ3) is 4.07. The summed E-state index contributed by atoms with van der Waals surface area (Å²) in [4.78, 5) is 20.6. The maximum Gasteiger partial charge on any atom is 0.269 e. The lowest BCUT2D eigenvalue weighted by atomic mass is 10.1. The van der Waals surface area contributed by atoms with Crippen molar-refractivity contribution >= 4 is 28.5 Å². The molecule has 2 aromatic heterocycles. The molecular formula is C22H19ClN4O2. The van der Waals surface area contributed by atoms with Gasteiger partial charge in [-0.2, -0.15) is 0 Å². The molecule has 0 bridgehead atoms. The summed E-state index contributed by atoms with van der Waals surface area (Å²) in [5.41, 5.74) is 3.30. The fourth-order valence-electron chi connectivity index (χ4n) is 3.10. The number of amides is 1. The molecule has 1 N–H and O–H groups in total. The molecule has 0 aliphatic carbocycles. The number of carbonyl (C=O) groups excluding carboxylic acids is 1.